The van der Waals surface area contributed by atoms with E-state index in [1.165, 1.54) is 25.3 Å². The summed E-state index contributed by atoms with van der Waals surface area (Å²) >= 11 is 0. The van der Waals surface area contributed by atoms with Gasteiger partial charge in [0.25, 0.3) is 5.91 Å². The van der Waals surface area contributed by atoms with Gasteiger partial charge in [0.05, 0.1) is 0 Å². The zero-order valence-electron chi connectivity index (χ0n) is 15.6. The Hall–Kier alpha value is -2.63. The van der Waals surface area contributed by atoms with Crippen molar-refractivity contribution < 1.29 is 18.7 Å². The monoisotopic (exact) mass is 381 g/mol. The van der Waals surface area contributed by atoms with Crippen LogP contribution in [-0.4, -0.2) is 24.0 Å². The Balaban J connectivity index is 1.24. The third-order valence-electron chi connectivity index (χ3n) is 6.64. The predicted octanol–water partition coefficient (Wildman–Crippen LogP) is 3.03. The van der Waals surface area contributed by atoms with E-state index >= 15 is 0 Å². The summed E-state index contributed by atoms with van der Waals surface area (Å²) in [6, 6.07) is 8.38. The van der Waals surface area contributed by atoms with Gasteiger partial charge < -0.3 is 14.5 Å². The highest BCUT2D eigenvalue weighted by Gasteiger charge is 2.51. The summed E-state index contributed by atoms with van der Waals surface area (Å²) in [5, 5.41) is 3.79. The lowest BCUT2D eigenvalue weighted by molar-refractivity contribution is -0.130. The number of para-hydroxylation sites is 1. The number of nitrogens with one attached hydrogen (secondary N) is 1. The maximum atomic E-state index is 12.5. The smallest absolute Gasteiger partial charge is 0.351 e. The molecular weight excluding hydrogens is 358 g/mol. The van der Waals surface area contributed by atoms with Gasteiger partial charge >= 0.3 is 11.6 Å². The number of amides is 1. The second kappa shape index (κ2) is 6.47. The van der Waals surface area contributed by atoms with Gasteiger partial charge in [-0.1, -0.05) is 18.2 Å². The fourth-order valence-corrected chi connectivity index (χ4v) is 6.01. The van der Waals surface area contributed by atoms with Crippen LogP contribution in [0.2, 0.25) is 0 Å². The van der Waals surface area contributed by atoms with Gasteiger partial charge in [-0.2, -0.15) is 0 Å². The van der Waals surface area contributed by atoms with Crippen molar-refractivity contribution in [3.63, 3.8) is 0 Å². The van der Waals surface area contributed by atoms with E-state index in [0.29, 0.717) is 11.0 Å². The first kappa shape index (κ1) is 17.5. The van der Waals surface area contributed by atoms with Crippen LogP contribution in [-0.2, 0) is 9.53 Å². The fraction of sp³-hybridized carbons (Fsp3) is 0.500. The molecule has 6 rings (SSSR count). The Morgan fingerprint density at radius 3 is 2.39 bits per heavy atom. The third kappa shape index (κ3) is 3.11. The van der Waals surface area contributed by atoms with Crippen LogP contribution in [0.15, 0.2) is 39.5 Å². The van der Waals surface area contributed by atoms with Crippen LogP contribution in [0.5, 0.6) is 0 Å². The Bertz CT molecular complexity index is 972. The molecule has 146 valence electrons. The van der Waals surface area contributed by atoms with Crippen molar-refractivity contribution in [3.8, 4) is 0 Å². The molecular formula is C22H23NO5. The number of carbonyl (C=O) groups excluding carboxylic acids is 2. The molecule has 1 amide bonds. The molecule has 1 aromatic heterocycles. The lowest BCUT2D eigenvalue weighted by Gasteiger charge is -2.56. The SMILES string of the molecule is O=C(COC(=O)c1cc2ccccc2oc1=O)NC12CC3CC(CC(C3)C1)C2. The number of esters is 1. The second-order valence-electron chi connectivity index (χ2n) is 8.81. The summed E-state index contributed by atoms with van der Waals surface area (Å²) in [5.74, 6) is 1.03. The Labute approximate surface area is 162 Å². The molecule has 6 nitrogen and oxygen atoms in total. The molecule has 0 atom stereocenters. The second-order valence-corrected chi connectivity index (χ2v) is 8.81. The molecule has 2 aromatic rings. The van der Waals surface area contributed by atoms with Crippen LogP contribution >= 0.6 is 0 Å². The average molecular weight is 381 g/mol. The van der Waals surface area contributed by atoms with Crippen LogP contribution < -0.4 is 10.9 Å². The van der Waals surface area contributed by atoms with Gasteiger partial charge in [0.1, 0.15) is 11.1 Å². The van der Waals surface area contributed by atoms with Crippen LogP contribution in [0.25, 0.3) is 11.0 Å². The topological polar surface area (TPSA) is 85.6 Å². The normalized spacial score (nSPS) is 30.4. The molecule has 6 heteroatoms. The molecule has 1 N–H and O–H groups in total. The first-order valence-electron chi connectivity index (χ1n) is 10.0. The minimum atomic E-state index is -0.833. The first-order valence-corrected chi connectivity index (χ1v) is 10.0. The molecule has 4 aliphatic rings. The number of hydrogen-bond donors (Lipinski definition) is 1. The van der Waals surface area contributed by atoms with Gasteiger partial charge in [-0.3, -0.25) is 4.79 Å². The van der Waals surface area contributed by atoms with E-state index in [4.69, 9.17) is 9.15 Å². The number of ether oxygens (including phenoxy) is 1. The summed E-state index contributed by atoms with van der Waals surface area (Å²) in [6.07, 6.45) is 6.98. The Morgan fingerprint density at radius 2 is 1.71 bits per heavy atom. The Morgan fingerprint density at radius 1 is 1.07 bits per heavy atom. The van der Waals surface area contributed by atoms with Crippen molar-refractivity contribution in [1.29, 1.82) is 0 Å². The quantitative estimate of drug-likeness (QED) is 0.650. The summed E-state index contributed by atoms with van der Waals surface area (Å²) in [7, 11) is 0. The number of carbonyl (C=O) groups is 2. The zero-order valence-corrected chi connectivity index (χ0v) is 15.6. The first-order chi connectivity index (χ1) is 13.5. The van der Waals surface area contributed by atoms with Gasteiger partial charge in [-0.05, 0) is 68.4 Å². The molecule has 0 spiro atoms. The molecule has 4 bridgehead atoms. The average Bonchev–Trinajstić information content (AvgIpc) is 2.64. The number of rotatable bonds is 4. The van der Waals surface area contributed by atoms with Crippen molar-refractivity contribution in [2.45, 2.75) is 44.1 Å². The third-order valence-corrected chi connectivity index (χ3v) is 6.64. The molecule has 4 fully saturated rings. The van der Waals surface area contributed by atoms with Crippen molar-refractivity contribution >= 4 is 22.8 Å². The van der Waals surface area contributed by atoms with E-state index in [1.807, 2.05) is 0 Å². The highest BCUT2D eigenvalue weighted by atomic mass is 16.5. The summed E-state index contributed by atoms with van der Waals surface area (Å²) in [5.41, 5.74) is -0.671. The maximum Gasteiger partial charge on any atom is 0.351 e. The number of fused-ring (bicyclic) bond motifs is 1. The number of hydrogen-bond acceptors (Lipinski definition) is 5. The molecule has 0 radical (unpaired) electrons. The largest absolute Gasteiger partial charge is 0.452 e. The van der Waals surface area contributed by atoms with Crippen molar-refractivity contribution in [3.05, 3.63) is 46.3 Å². The van der Waals surface area contributed by atoms with Gasteiger partial charge in [0.2, 0.25) is 0 Å². The van der Waals surface area contributed by atoms with Gasteiger partial charge in [0, 0.05) is 10.9 Å². The fourth-order valence-electron chi connectivity index (χ4n) is 6.01. The highest BCUT2D eigenvalue weighted by molar-refractivity contribution is 5.94. The zero-order chi connectivity index (χ0) is 19.3. The highest BCUT2D eigenvalue weighted by Crippen LogP contribution is 2.55. The molecule has 1 heterocycles. The van der Waals surface area contributed by atoms with E-state index in [1.54, 1.807) is 24.3 Å². The molecule has 0 unspecified atom stereocenters. The minimum absolute atomic E-state index is 0.125. The summed E-state index contributed by atoms with van der Waals surface area (Å²) < 4.78 is 10.3. The molecule has 4 saturated carbocycles. The Kier molecular flexibility index (Phi) is 4.03. The number of benzene rings is 1. The molecule has 1 aromatic carbocycles. The van der Waals surface area contributed by atoms with Crippen molar-refractivity contribution in [1.82, 2.24) is 5.32 Å². The summed E-state index contributed by atoms with van der Waals surface area (Å²) in [6.45, 7) is -0.382. The molecule has 4 aliphatic carbocycles. The van der Waals surface area contributed by atoms with E-state index < -0.39 is 11.6 Å². The van der Waals surface area contributed by atoms with E-state index in [0.717, 1.165) is 37.0 Å². The predicted molar refractivity (Wildman–Crippen MR) is 102 cm³/mol. The standard InChI is InChI=1S/C22H23NO5/c24-19(23-22-9-13-5-14(10-22)7-15(6-13)11-22)12-27-20(25)17-8-16-3-1-2-4-18(16)28-21(17)26/h1-4,8,13-15H,5-7,9-12H2,(H,23,24). The van der Waals surface area contributed by atoms with Gasteiger partial charge in [-0.25, -0.2) is 9.59 Å². The van der Waals surface area contributed by atoms with Crippen molar-refractivity contribution in [2.24, 2.45) is 17.8 Å². The van der Waals surface area contributed by atoms with Crippen molar-refractivity contribution in [2.75, 3.05) is 6.61 Å². The molecule has 0 aliphatic heterocycles. The minimum Gasteiger partial charge on any atom is -0.452 e. The van der Waals surface area contributed by atoms with Crippen LogP contribution in [0.4, 0.5) is 0 Å². The molecule has 28 heavy (non-hydrogen) atoms. The molecule has 0 saturated heterocycles. The van der Waals surface area contributed by atoms with Gasteiger partial charge in [-0.15, -0.1) is 0 Å². The van der Waals surface area contributed by atoms with Crippen LogP contribution in [0.1, 0.15) is 48.9 Å². The van der Waals surface area contributed by atoms with E-state index in [9.17, 15) is 14.4 Å². The summed E-state index contributed by atoms with van der Waals surface area (Å²) in [4.78, 5) is 36.8. The maximum absolute atomic E-state index is 12.5. The lowest BCUT2D eigenvalue weighted by atomic mass is 9.53. The van der Waals surface area contributed by atoms with Crippen LogP contribution in [0.3, 0.4) is 0 Å². The van der Waals surface area contributed by atoms with E-state index in [2.05, 4.69) is 5.32 Å². The lowest BCUT2D eigenvalue weighted by Crippen LogP contribution is -2.60. The van der Waals surface area contributed by atoms with Gasteiger partial charge in [0.15, 0.2) is 6.61 Å². The van der Waals surface area contributed by atoms with Crippen LogP contribution in [0, 0.1) is 17.8 Å². The van der Waals surface area contributed by atoms with E-state index in [-0.39, 0.29) is 23.6 Å².